The number of pyridine rings is 1. The van der Waals surface area contributed by atoms with Crippen LogP contribution in [0, 0.1) is 12.8 Å². The number of nitrogens with one attached hydrogen (secondary N) is 2. The van der Waals surface area contributed by atoms with Crippen molar-refractivity contribution in [2.75, 3.05) is 5.32 Å². The molecule has 0 bridgehead atoms. The second-order valence-electron chi connectivity index (χ2n) is 9.91. The van der Waals surface area contributed by atoms with Gasteiger partial charge in [-0.2, -0.15) is 4.98 Å². The largest absolute Gasteiger partial charge is 0.350 e. The highest BCUT2D eigenvalue weighted by molar-refractivity contribution is 6.08. The smallest absolute Gasteiger partial charge is 0.253 e. The molecule has 1 aliphatic rings. The van der Waals surface area contributed by atoms with Gasteiger partial charge in [0.1, 0.15) is 0 Å². The Morgan fingerprint density at radius 3 is 2.62 bits per heavy atom. The third-order valence-electron chi connectivity index (χ3n) is 6.97. The molecule has 1 aliphatic carbocycles. The van der Waals surface area contributed by atoms with Gasteiger partial charge in [0.15, 0.2) is 5.65 Å². The molecule has 3 heterocycles. The first-order valence-electron chi connectivity index (χ1n) is 12.5. The van der Waals surface area contributed by atoms with Crippen molar-refractivity contribution in [3.8, 4) is 11.1 Å². The molecule has 0 unspecified atom stereocenters. The summed E-state index contributed by atoms with van der Waals surface area (Å²) < 4.78 is 3.64. The molecule has 37 heavy (non-hydrogen) atoms. The summed E-state index contributed by atoms with van der Waals surface area (Å²) in [7, 11) is 1.95. The first-order valence-corrected chi connectivity index (χ1v) is 12.5. The number of nitrogens with zero attached hydrogens (tertiary/aromatic N) is 4. The van der Waals surface area contributed by atoms with Crippen molar-refractivity contribution in [3.05, 3.63) is 83.7 Å². The monoisotopic (exact) mass is 492 g/mol. The Bertz CT molecular complexity index is 1680. The number of fused-ring (bicyclic) bond motifs is 2. The lowest BCUT2D eigenvalue weighted by atomic mass is 10.0. The van der Waals surface area contributed by atoms with Crippen LogP contribution in [0.3, 0.4) is 0 Å². The number of anilines is 1. The fraction of sp³-hybridized carbons (Fsp3) is 0.241. The number of carbonyl (C=O) groups is 2. The van der Waals surface area contributed by atoms with Gasteiger partial charge in [-0.25, -0.2) is 4.52 Å². The zero-order valence-electron chi connectivity index (χ0n) is 21.0. The second kappa shape index (κ2) is 8.89. The summed E-state index contributed by atoms with van der Waals surface area (Å²) in [6, 6.07) is 18.0. The standard InChI is InChI=1S/C29H28N6O2/c1-17-5-4-6-20(13-17)18(2)30-28(37)24-16-34(3)25-11-9-21(14-23(24)25)22-10-12-26-31-29(33-35(26)15-22)32-27(36)19-7-8-19/h4-6,9-16,18-19H,7-8H2,1-3H3,(H,30,37)(H,32,33,36)/t18-/m0/s1. The van der Waals surface area contributed by atoms with Gasteiger partial charge < -0.3 is 9.88 Å². The van der Waals surface area contributed by atoms with E-state index in [1.807, 2.05) is 86.4 Å². The molecule has 8 heteroatoms. The predicted octanol–water partition coefficient (Wildman–Crippen LogP) is 5.04. The summed E-state index contributed by atoms with van der Waals surface area (Å²) in [4.78, 5) is 29.8. The van der Waals surface area contributed by atoms with Gasteiger partial charge in [-0.3, -0.25) is 14.9 Å². The second-order valence-corrected chi connectivity index (χ2v) is 9.91. The van der Waals surface area contributed by atoms with Crippen LogP contribution >= 0.6 is 0 Å². The van der Waals surface area contributed by atoms with Crippen LogP contribution in [0.5, 0.6) is 0 Å². The van der Waals surface area contributed by atoms with Crippen LogP contribution < -0.4 is 10.6 Å². The van der Waals surface area contributed by atoms with Gasteiger partial charge in [-0.05, 0) is 62.1 Å². The van der Waals surface area contributed by atoms with E-state index in [1.165, 1.54) is 0 Å². The Labute approximate surface area is 214 Å². The zero-order valence-corrected chi connectivity index (χ0v) is 21.0. The molecule has 186 valence electrons. The molecule has 5 aromatic rings. The number of rotatable bonds is 6. The minimum Gasteiger partial charge on any atom is -0.350 e. The average molecular weight is 493 g/mol. The summed E-state index contributed by atoms with van der Waals surface area (Å²) in [5.74, 6) is 0.271. The molecule has 2 aromatic carbocycles. The first-order chi connectivity index (χ1) is 17.9. The van der Waals surface area contributed by atoms with Gasteiger partial charge in [0.05, 0.1) is 11.6 Å². The maximum Gasteiger partial charge on any atom is 0.253 e. The van der Waals surface area contributed by atoms with Crippen molar-refractivity contribution in [1.82, 2.24) is 24.5 Å². The molecule has 3 aromatic heterocycles. The van der Waals surface area contributed by atoms with Crippen LogP contribution in [-0.2, 0) is 11.8 Å². The SMILES string of the molecule is Cc1cccc([C@H](C)NC(=O)c2cn(C)c3ccc(-c4ccc5nc(NC(=O)C6CC6)nn5c4)cc23)c1. The van der Waals surface area contributed by atoms with Gasteiger partial charge in [-0.15, -0.1) is 5.10 Å². The Morgan fingerprint density at radius 2 is 1.84 bits per heavy atom. The highest BCUT2D eigenvalue weighted by Gasteiger charge is 2.30. The zero-order chi connectivity index (χ0) is 25.7. The van der Waals surface area contributed by atoms with E-state index in [4.69, 9.17) is 0 Å². The number of aromatic nitrogens is 4. The molecule has 1 saturated carbocycles. The fourth-order valence-electron chi connectivity index (χ4n) is 4.71. The molecule has 1 atom stereocenters. The van der Waals surface area contributed by atoms with E-state index in [2.05, 4.69) is 26.8 Å². The first kappa shape index (κ1) is 23.0. The fourth-order valence-corrected chi connectivity index (χ4v) is 4.71. The molecule has 0 radical (unpaired) electrons. The summed E-state index contributed by atoms with van der Waals surface area (Å²) in [6.45, 7) is 4.05. The van der Waals surface area contributed by atoms with Gasteiger partial charge in [0.25, 0.3) is 5.91 Å². The van der Waals surface area contributed by atoms with E-state index in [-0.39, 0.29) is 23.8 Å². The molecule has 8 nitrogen and oxygen atoms in total. The Kier molecular flexibility index (Phi) is 5.52. The number of carbonyl (C=O) groups excluding carboxylic acids is 2. The minimum atomic E-state index is -0.116. The van der Waals surface area contributed by atoms with Crippen LogP contribution in [0.15, 0.2) is 67.0 Å². The molecule has 0 spiro atoms. The topological polar surface area (TPSA) is 93.3 Å². The summed E-state index contributed by atoms with van der Waals surface area (Å²) in [6.07, 6.45) is 5.62. The van der Waals surface area contributed by atoms with Crippen LogP contribution in [0.4, 0.5) is 5.95 Å². The van der Waals surface area contributed by atoms with Gasteiger partial charge >= 0.3 is 0 Å². The van der Waals surface area contributed by atoms with Crippen LogP contribution in [0.25, 0.3) is 27.7 Å². The number of hydrogen-bond donors (Lipinski definition) is 2. The molecular formula is C29H28N6O2. The Balaban J connectivity index is 1.29. The third kappa shape index (κ3) is 4.46. The predicted molar refractivity (Wildman–Crippen MR) is 143 cm³/mol. The van der Waals surface area contributed by atoms with Crippen molar-refractivity contribution in [2.24, 2.45) is 13.0 Å². The molecule has 6 rings (SSSR count). The van der Waals surface area contributed by atoms with Crippen molar-refractivity contribution < 1.29 is 9.59 Å². The number of amides is 2. The average Bonchev–Trinajstić information content (AvgIpc) is 3.59. The summed E-state index contributed by atoms with van der Waals surface area (Å²) >= 11 is 0. The van der Waals surface area contributed by atoms with Crippen LogP contribution in [-0.4, -0.2) is 31.0 Å². The lowest BCUT2D eigenvalue weighted by molar-refractivity contribution is -0.117. The lowest BCUT2D eigenvalue weighted by Gasteiger charge is -2.14. The van der Waals surface area contributed by atoms with E-state index in [9.17, 15) is 9.59 Å². The third-order valence-corrected chi connectivity index (χ3v) is 6.97. The Hall–Kier alpha value is -4.46. The lowest BCUT2D eigenvalue weighted by Crippen LogP contribution is -2.26. The quantitative estimate of drug-likeness (QED) is 0.347. The van der Waals surface area contributed by atoms with Crippen molar-refractivity contribution in [2.45, 2.75) is 32.7 Å². The van der Waals surface area contributed by atoms with Crippen LogP contribution in [0.1, 0.15) is 47.3 Å². The van der Waals surface area contributed by atoms with E-state index >= 15 is 0 Å². The highest BCUT2D eigenvalue weighted by atomic mass is 16.2. The van der Waals surface area contributed by atoms with Crippen molar-refractivity contribution >= 4 is 34.3 Å². The van der Waals surface area contributed by atoms with Gasteiger partial charge in [0, 0.05) is 41.8 Å². The Morgan fingerprint density at radius 1 is 1.03 bits per heavy atom. The van der Waals surface area contributed by atoms with Gasteiger partial charge in [0.2, 0.25) is 11.9 Å². The minimum absolute atomic E-state index is 0.0202. The van der Waals surface area contributed by atoms with Crippen molar-refractivity contribution in [1.29, 1.82) is 0 Å². The molecule has 0 saturated heterocycles. The number of aryl methyl sites for hydroxylation is 2. The molecular weight excluding hydrogens is 464 g/mol. The van der Waals surface area contributed by atoms with E-state index in [0.29, 0.717) is 17.2 Å². The number of hydrogen-bond acceptors (Lipinski definition) is 4. The van der Waals surface area contributed by atoms with E-state index < -0.39 is 0 Å². The summed E-state index contributed by atoms with van der Waals surface area (Å²) in [5, 5.41) is 11.3. The number of benzene rings is 2. The van der Waals surface area contributed by atoms with Gasteiger partial charge in [-0.1, -0.05) is 35.9 Å². The molecule has 1 fully saturated rings. The van der Waals surface area contributed by atoms with Crippen molar-refractivity contribution in [3.63, 3.8) is 0 Å². The normalized spacial score (nSPS) is 14.1. The molecule has 0 aliphatic heterocycles. The maximum atomic E-state index is 13.3. The van der Waals surface area contributed by atoms with Crippen LogP contribution in [0.2, 0.25) is 0 Å². The van der Waals surface area contributed by atoms with E-state index in [0.717, 1.165) is 46.0 Å². The summed E-state index contributed by atoms with van der Waals surface area (Å²) in [5.41, 5.74) is 6.39. The highest BCUT2D eigenvalue weighted by Crippen LogP contribution is 2.31. The maximum absolute atomic E-state index is 13.3. The molecule has 2 N–H and O–H groups in total. The van der Waals surface area contributed by atoms with E-state index in [1.54, 1.807) is 4.52 Å². The molecule has 2 amide bonds.